The molecule has 0 amide bonds. The Morgan fingerprint density at radius 1 is 1.13 bits per heavy atom. The molecule has 0 spiro atoms. The summed E-state index contributed by atoms with van der Waals surface area (Å²) in [7, 11) is 0. The van der Waals surface area contributed by atoms with Crippen LogP contribution in [0.3, 0.4) is 0 Å². The molecule has 0 bridgehead atoms. The van der Waals surface area contributed by atoms with Gasteiger partial charge in [0.05, 0.1) is 0 Å². The highest BCUT2D eigenvalue weighted by atomic mass is 16.1. The highest BCUT2D eigenvalue weighted by Crippen LogP contribution is 2.28. The van der Waals surface area contributed by atoms with Crippen molar-refractivity contribution in [2.24, 2.45) is 0 Å². The van der Waals surface area contributed by atoms with Gasteiger partial charge in [-0.3, -0.25) is 0 Å². The van der Waals surface area contributed by atoms with Crippen LogP contribution in [0, 0.1) is 27.7 Å². The van der Waals surface area contributed by atoms with Gasteiger partial charge in [0.2, 0.25) is 0 Å². The highest BCUT2D eigenvalue weighted by Gasteiger charge is 2.12. The van der Waals surface area contributed by atoms with Crippen molar-refractivity contribution in [1.29, 1.82) is 0 Å². The standard InChI is InChI=1S/C14H20O/c1-9(6-7-15)14-8-10(2)11(3)12(4)13(14)5/h7-9H,6H2,1-5H3. The van der Waals surface area contributed by atoms with Crippen molar-refractivity contribution < 1.29 is 4.79 Å². The molecule has 0 aromatic heterocycles. The van der Waals surface area contributed by atoms with E-state index < -0.39 is 0 Å². The molecular formula is C14H20O. The van der Waals surface area contributed by atoms with Gasteiger partial charge in [-0.05, 0) is 61.4 Å². The van der Waals surface area contributed by atoms with Crippen LogP contribution in [0.4, 0.5) is 0 Å². The molecule has 0 radical (unpaired) electrons. The largest absolute Gasteiger partial charge is 0.303 e. The minimum atomic E-state index is 0.334. The summed E-state index contributed by atoms with van der Waals surface area (Å²) in [6.07, 6.45) is 1.62. The number of hydrogen-bond donors (Lipinski definition) is 0. The second kappa shape index (κ2) is 4.61. The van der Waals surface area contributed by atoms with E-state index in [-0.39, 0.29) is 0 Å². The van der Waals surface area contributed by atoms with Crippen LogP contribution in [0.15, 0.2) is 6.07 Å². The van der Waals surface area contributed by atoms with Gasteiger partial charge in [0.25, 0.3) is 0 Å². The Bertz CT molecular complexity index is 377. The summed E-state index contributed by atoms with van der Waals surface area (Å²) >= 11 is 0. The Balaban J connectivity index is 3.25. The van der Waals surface area contributed by atoms with Crippen molar-refractivity contribution in [3.05, 3.63) is 33.9 Å². The highest BCUT2D eigenvalue weighted by molar-refractivity contribution is 5.53. The van der Waals surface area contributed by atoms with Gasteiger partial charge in [0.15, 0.2) is 0 Å². The van der Waals surface area contributed by atoms with E-state index >= 15 is 0 Å². The summed E-state index contributed by atoms with van der Waals surface area (Å²) < 4.78 is 0. The van der Waals surface area contributed by atoms with Crippen LogP contribution in [0.5, 0.6) is 0 Å². The molecule has 1 atom stereocenters. The molecule has 0 aliphatic heterocycles. The predicted molar refractivity (Wildman–Crippen MR) is 64.5 cm³/mol. The van der Waals surface area contributed by atoms with Crippen LogP contribution in [0.1, 0.15) is 47.1 Å². The van der Waals surface area contributed by atoms with Crippen LogP contribution < -0.4 is 0 Å². The van der Waals surface area contributed by atoms with E-state index in [4.69, 9.17) is 0 Å². The molecule has 0 saturated carbocycles. The molecule has 0 N–H and O–H groups in total. The predicted octanol–water partition coefficient (Wildman–Crippen LogP) is 3.61. The monoisotopic (exact) mass is 204 g/mol. The first-order chi connectivity index (χ1) is 6.99. The topological polar surface area (TPSA) is 17.1 Å². The van der Waals surface area contributed by atoms with Gasteiger partial charge in [-0.2, -0.15) is 0 Å². The molecule has 0 aliphatic rings. The van der Waals surface area contributed by atoms with Crippen molar-refractivity contribution in [2.45, 2.75) is 47.0 Å². The number of hydrogen-bond acceptors (Lipinski definition) is 1. The Morgan fingerprint density at radius 3 is 2.27 bits per heavy atom. The number of benzene rings is 1. The number of carbonyl (C=O) groups excluding carboxylic acids is 1. The minimum absolute atomic E-state index is 0.334. The third-order valence-corrected chi connectivity index (χ3v) is 3.50. The van der Waals surface area contributed by atoms with E-state index in [0.29, 0.717) is 12.3 Å². The summed E-state index contributed by atoms with van der Waals surface area (Å²) in [6.45, 7) is 10.7. The molecule has 1 aromatic rings. The van der Waals surface area contributed by atoms with Gasteiger partial charge in [0.1, 0.15) is 6.29 Å². The fourth-order valence-corrected chi connectivity index (χ4v) is 2.03. The smallest absolute Gasteiger partial charge is 0.120 e. The van der Waals surface area contributed by atoms with E-state index in [9.17, 15) is 4.79 Å². The first kappa shape index (κ1) is 12.0. The molecule has 0 fully saturated rings. The normalized spacial score (nSPS) is 12.6. The maximum atomic E-state index is 10.5. The van der Waals surface area contributed by atoms with Gasteiger partial charge in [0, 0.05) is 6.42 Å². The Kier molecular flexibility index (Phi) is 3.67. The number of rotatable bonds is 3. The lowest BCUT2D eigenvalue weighted by Crippen LogP contribution is -2.02. The molecular weight excluding hydrogens is 184 g/mol. The number of aryl methyl sites for hydroxylation is 1. The van der Waals surface area contributed by atoms with Gasteiger partial charge in [-0.1, -0.05) is 13.0 Å². The van der Waals surface area contributed by atoms with Gasteiger partial charge in [-0.25, -0.2) is 0 Å². The number of carbonyl (C=O) groups is 1. The second-order valence-corrected chi connectivity index (χ2v) is 4.46. The zero-order valence-corrected chi connectivity index (χ0v) is 10.3. The van der Waals surface area contributed by atoms with Gasteiger partial charge < -0.3 is 4.79 Å². The maximum Gasteiger partial charge on any atom is 0.120 e. The van der Waals surface area contributed by atoms with Crippen LogP contribution in [0.25, 0.3) is 0 Å². The van der Waals surface area contributed by atoms with Crippen LogP contribution >= 0.6 is 0 Å². The lowest BCUT2D eigenvalue weighted by atomic mass is 9.87. The summed E-state index contributed by atoms with van der Waals surface area (Å²) in [5.41, 5.74) is 6.72. The van der Waals surface area contributed by atoms with Gasteiger partial charge in [-0.15, -0.1) is 0 Å². The maximum absolute atomic E-state index is 10.5. The molecule has 82 valence electrons. The molecule has 15 heavy (non-hydrogen) atoms. The zero-order chi connectivity index (χ0) is 11.6. The Morgan fingerprint density at radius 2 is 1.73 bits per heavy atom. The van der Waals surface area contributed by atoms with E-state index in [1.807, 2.05) is 0 Å². The van der Waals surface area contributed by atoms with Crippen molar-refractivity contribution in [3.63, 3.8) is 0 Å². The van der Waals surface area contributed by atoms with E-state index in [1.165, 1.54) is 27.8 Å². The molecule has 1 unspecified atom stereocenters. The molecule has 0 aliphatic carbocycles. The minimum Gasteiger partial charge on any atom is -0.303 e. The Labute approximate surface area is 92.5 Å². The molecule has 1 nitrogen and oxygen atoms in total. The van der Waals surface area contributed by atoms with Crippen molar-refractivity contribution in [3.8, 4) is 0 Å². The molecule has 0 saturated heterocycles. The average Bonchev–Trinajstić information content (AvgIpc) is 2.20. The summed E-state index contributed by atoms with van der Waals surface area (Å²) in [5, 5.41) is 0. The van der Waals surface area contributed by atoms with Crippen molar-refractivity contribution in [1.82, 2.24) is 0 Å². The van der Waals surface area contributed by atoms with Crippen molar-refractivity contribution in [2.75, 3.05) is 0 Å². The third-order valence-electron chi connectivity index (χ3n) is 3.50. The lowest BCUT2D eigenvalue weighted by molar-refractivity contribution is -0.108. The van der Waals surface area contributed by atoms with E-state index in [1.54, 1.807) is 0 Å². The third kappa shape index (κ3) is 2.28. The van der Waals surface area contributed by atoms with Crippen LogP contribution in [0.2, 0.25) is 0 Å². The fraction of sp³-hybridized carbons (Fsp3) is 0.500. The molecule has 1 aromatic carbocycles. The molecule has 1 rings (SSSR count). The van der Waals surface area contributed by atoms with E-state index in [2.05, 4.69) is 40.7 Å². The fourth-order valence-electron chi connectivity index (χ4n) is 2.03. The first-order valence-electron chi connectivity index (χ1n) is 5.50. The average molecular weight is 204 g/mol. The van der Waals surface area contributed by atoms with Crippen LogP contribution in [-0.2, 0) is 4.79 Å². The SMILES string of the molecule is Cc1cc(C(C)CC=O)c(C)c(C)c1C. The van der Waals surface area contributed by atoms with E-state index in [0.717, 1.165) is 6.29 Å². The Hall–Kier alpha value is -1.11. The molecule has 1 heteroatoms. The number of aldehydes is 1. The second-order valence-electron chi connectivity index (χ2n) is 4.46. The van der Waals surface area contributed by atoms with Crippen LogP contribution in [-0.4, -0.2) is 6.29 Å². The quantitative estimate of drug-likeness (QED) is 0.687. The molecule has 0 heterocycles. The zero-order valence-electron chi connectivity index (χ0n) is 10.3. The summed E-state index contributed by atoms with van der Waals surface area (Å²) in [4.78, 5) is 10.5. The van der Waals surface area contributed by atoms with Crippen molar-refractivity contribution >= 4 is 6.29 Å². The lowest BCUT2D eigenvalue weighted by Gasteiger charge is -2.18. The summed E-state index contributed by atoms with van der Waals surface area (Å²) in [6, 6.07) is 2.23. The summed E-state index contributed by atoms with van der Waals surface area (Å²) in [5.74, 6) is 0.334. The first-order valence-corrected chi connectivity index (χ1v) is 5.50. The van der Waals surface area contributed by atoms with Gasteiger partial charge >= 0.3 is 0 Å².